The summed E-state index contributed by atoms with van der Waals surface area (Å²) in [4.78, 5) is 5.57. The molecule has 0 amide bonds. The fourth-order valence-electron chi connectivity index (χ4n) is 2.90. The molecule has 3 aromatic rings. The maximum absolute atomic E-state index is 5.97. The van der Waals surface area contributed by atoms with Gasteiger partial charge in [0.05, 0.1) is 26.5 Å². The maximum atomic E-state index is 5.97. The molecule has 6 nitrogen and oxygen atoms in total. The number of aromatic amines is 1. The Balaban J connectivity index is 1.62. The molecule has 0 unspecified atom stereocenters. The van der Waals surface area contributed by atoms with Crippen LogP contribution < -0.4 is 11.1 Å². The van der Waals surface area contributed by atoms with Crippen molar-refractivity contribution in [2.24, 2.45) is 5.92 Å². The smallest absolute Gasteiger partial charge is 0.126 e. The fourth-order valence-corrected chi connectivity index (χ4v) is 3.97. The number of nitrogens with zero attached hydrogens (tertiary/aromatic N) is 2. The van der Waals surface area contributed by atoms with Gasteiger partial charge in [-0.15, -0.1) is 11.3 Å². The molecule has 0 saturated carbocycles. The van der Waals surface area contributed by atoms with Crippen LogP contribution in [0.1, 0.15) is 12.8 Å². The van der Waals surface area contributed by atoms with E-state index in [1.54, 1.807) is 17.5 Å². The van der Waals surface area contributed by atoms with Gasteiger partial charge in [0.1, 0.15) is 5.82 Å². The van der Waals surface area contributed by atoms with Crippen molar-refractivity contribution in [3.8, 4) is 10.6 Å². The van der Waals surface area contributed by atoms with Crippen LogP contribution in [-0.4, -0.2) is 34.9 Å². The SMILES string of the molecule is Nc1cc(NCC2CCOCC2)c2sc(-c3ccn[nH]3)cc2n1. The molecule has 4 rings (SSSR count). The molecule has 1 saturated heterocycles. The summed E-state index contributed by atoms with van der Waals surface area (Å²) in [7, 11) is 0. The number of nitrogens with one attached hydrogen (secondary N) is 2. The molecule has 120 valence electrons. The van der Waals surface area contributed by atoms with E-state index >= 15 is 0 Å². The first-order valence-corrected chi connectivity index (χ1v) is 8.62. The fraction of sp³-hybridized carbons (Fsp3) is 0.375. The van der Waals surface area contributed by atoms with E-state index in [0.717, 1.165) is 59.1 Å². The summed E-state index contributed by atoms with van der Waals surface area (Å²) < 4.78 is 6.56. The first-order valence-electron chi connectivity index (χ1n) is 7.81. The van der Waals surface area contributed by atoms with Gasteiger partial charge in [-0.05, 0) is 30.9 Å². The number of hydrogen-bond donors (Lipinski definition) is 3. The third-order valence-corrected chi connectivity index (χ3v) is 5.38. The zero-order chi connectivity index (χ0) is 15.6. The number of ether oxygens (including phenoxy) is 1. The van der Waals surface area contributed by atoms with Gasteiger partial charge in [-0.3, -0.25) is 5.10 Å². The Morgan fingerprint density at radius 2 is 2.22 bits per heavy atom. The minimum atomic E-state index is 0.543. The van der Waals surface area contributed by atoms with Gasteiger partial charge in [0, 0.05) is 32.0 Å². The van der Waals surface area contributed by atoms with Crippen molar-refractivity contribution in [3.63, 3.8) is 0 Å². The van der Waals surface area contributed by atoms with Crippen molar-refractivity contribution in [1.82, 2.24) is 15.2 Å². The largest absolute Gasteiger partial charge is 0.384 e. The number of aromatic nitrogens is 3. The molecular formula is C16H19N5OS. The molecule has 4 heterocycles. The van der Waals surface area contributed by atoms with E-state index < -0.39 is 0 Å². The van der Waals surface area contributed by atoms with E-state index in [1.165, 1.54) is 0 Å². The van der Waals surface area contributed by atoms with Crippen LogP contribution in [0, 0.1) is 5.92 Å². The van der Waals surface area contributed by atoms with Gasteiger partial charge in [-0.1, -0.05) is 0 Å². The summed E-state index contributed by atoms with van der Waals surface area (Å²) in [6, 6.07) is 5.95. The first kappa shape index (κ1) is 14.5. The highest BCUT2D eigenvalue weighted by molar-refractivity contribution is 7.22. The minimum absolute atomic E-state index is 0.543. The normalized spacial score (nSPS) is 16.0. The molecule has 0 atom stereocenters. The van der Waals surface area contributed by atoms with Gasteiger partial charge in [-0.2, -0.15) is 5.10 Å². The van der Waals surface area contributed by atoms with Crippen LogP contribution in [0.4, 0.5) is 11.5 Å². The summed E-state index contributed by atoms with van der Waals surface area (Å²) in [5, 5.41) is 10.6. The lowest BCUT2D eigenvalue weighted by molar-refractivity contribution is 0.0699. The molecular weight excluding hydrogens is 310 g/mol. The van der Waals surface area contributed by atoms with Crippen LogP contribution in [0.2, 0.25) is 0 Å². The van der Waals surface area contributed by atoms with Crippen molar-refractivity contribution < 1.29 is 4.74 Å². The zero-order valence-electron chi connectivity index (χ0n) is 12.7. The van der Waals surface area contributed by atoms with Crippen molar-refractivity contribution in [2.45, 2.75) is 12.8 Å². The second kappa shape index (κ2) is 6.17. The molecule has 0 bridgehead atoms. The van der Waals surface area contributed by atoms with Crippen LogP contribution in [-0.2, 0) is 4.74 Å². The molecule has 1 aliphatic heterocycles. The summed E-state index contributed by atoms with van der Waals surface area (Å²) in [5.41, 5.74) is 8.97. The highest BCUT2D eigenvalue weighted by Crippen LogP contribution is 2.37. The molecule has 4 N–H and O–H groups in total. The number of anilines is 2. The highest BCUT2D eigenvalue weighted by Gasteiger charge is 2.16. The number of thiophene rings is 1. The van der Waals surface area contributed by atoms with E-state index in [0.29, 0.717) is 11.7 Å². The lowest BCUT2D eigenvalue weighted by atomic mass is 10.0. The number of nitrogens with two attached hydrogens (primary N) is 1. The molecule has 7 heteroatoms. The van der Waals surface area contributed by atoms with E-state index in [9.17, 15) is 0 Å². The van der Waals surface area contributed by atoms with Gasteiger partial charge in [0.15, 0.2) is 0 Å². The molecule has 0 aromatic carbocycles. The Kier molecular flexibility index (Phi) is 3.88. The molecule has 0 spiro atoms. The van der Waals surface area contributed by atoms with Crippen LogP contribution >= 0.6 is 11.3 Å². The van der Waals surface area contributed by atoms with Crippen molar-refractivity contribution in [1.29, 1.82) is 0 Å². The lowest BCUT2D eigenvalue weighted by Gasteiger charge is -2.22. The molecule has 1 fully saturated rings. The van der Waals surface area contributed by atoms with Crippen LogP contribution in [0.3, 0.4) is 0 Å². The summed E-state index contributed by atoms with van der Waals surface area (Å²) in [5.74, 6) is 1.20. The third-order valence-electron chi connectivity index (χ3n) is 4.19. The minimum Gasteiger partial charge on any atom is -0.384 e. The second-order valence-electron chi connectivity index (χ2n) is 5.83. The Labute approximate surface area is 138 Å². The predicted molar refractivity (Wildman–Crippen MR) is 93.6 cm³/mol. The quantitative estimate of drug-likeness (QED) is 0.684. The number of hydrogen-bond acceptors (Lipinski definition) is 6. The number of nitrogen functional groups attached to an aromatic ring is 1. The molecule has 1 aliphatic rings. The Morgan fingerprint density at radius 3 is 3.00 bits per heavy atom. The third kappa shape index (κ3) is 3.02. The number of rotatable bonds is 4. The number of H-pyrrole nitrogens is 1. The van der Waals surface area contributed by atoms with Crippen LogP contribution in [0.15, 0.2) is 24.4 Å². The van der Waals surface area contributed by atoms with Crippen molar-refractivity contribution >= 4 is 33.1 Å². The Bertz CT molecular complexity index is 792. The van der Waals surface area contributed by atoms with Crippen molar-refractivity contribution in [2.75, 3.05) is 30.8 Å². The summed E-state index contributed by atoms with van der Waals surface area (Å²) in [6.45, 7) is 2.67. The van der Waals surface area contributed by atoms with Crippen molar-refractivity contribution in [3.05, 3.63) is 24.4 Å². The predicted octanol–water partition coefficient (Wildman–Crippen LogP) is 3.11. The monoisotopic (exact) mass is 329 g/mol. The molecule has 23 heavy (non-hydrogen) atoms. The van der Waals surface area contributed by atoms with Gasteiger partial charge < -0.3 is 15.8 Å². The van der Waals surface area contributed by atoms with Gasteiger partial charge in [-0.25, -0.2) is 4.98 Å². The Morgan fingerprint density at radius 1 is 1.35 bits per heavy atom. The molecule has 0 aliphatic carbocycles. The maximum Gasteiger partial charge on any atom is 0.126 e. The Hall–Kier alpha value is -2.12. The van der Waals surface area contributed by atoms with Gasteiger partial charge in [0.25, 0.3) is 0 Å². The zero-order valence-corrected chi connectivity index (χ0v) is 13.5. The van der Waals surface area contributed by atoms with E-state index in [4.69, 9.17) is 10.5 Å². The number of fused-ring (bicyclic) bond motifs is 1. The van der Waals surface area contributed by atoms with Gasteiger partial charge >= 0.3 is 0 Å². The second-order valence-corrected chi connectivity index (χ2v) is 6.88. The summed E-state index contributed by atoms with van der Waals surface area (Å²) >= 11 is 1.70. The first-order chi connectivity index (χ1) is 11.3. The van der Waals surface area contributed by atoms with E-state index in [2.05, 4.69) is 26.6 Å². The lowest BCUT2D eigenvalue weighted by Crippen LogP contribution is -2.22. The standard InChI is InChI=1S/C16H19N5OS/c17-15-8-12(18-9-10-2-5-22-6-3-10)16-13(20-15)7-14(23-16)11-1-4-19-21-11/h1,4,7-8,10H,2-3,5-6,9H2,(H,19,21)(H3,17,18,20). The molecule has 0 radical (unpaired) electrons. The summed E-state index contributed by atoms with van der Waals surface area (Å²) in [6.07, 6.45) is 3.98. The average molecular weight is 329 g/mol. The number of pyridine rings is 1. The topological polar surface area (TPSA) is 88.9 Å². The van der Waals surface area contributed by atoms with E-state index in [-0.39, 0.29) is 0 Å². The average Bonchev–Trinajstić information content (AvgIpc) is 3.22. The van der Waals surface area contributed by atoms with E-state index in [1.807, 2.05) is 12.1 Å². The highest BCUT2D eigenvalue weighted by atomic mass is 32.1. The van der Waals surface area contributed by atoms with Crippen LogP contribution in [0.5, 0.6) is 0 Å². The van der Waals surface area contributed by atoms with Crippen LogP contribution in [0.25, 0.3) is 20.8 Å². The molecule has 3 aromatic heterocycles. The van der Waals surface area contributed by atoms with Gasteiger partial charge in [0.2, 0.25) is 0 Å².